The lowest BCUT2D eigenvalue weighted by molar-refractivity contribution is 1.05. The fourth-order valence-electron chi connectivity index (χ4n) is 1.08. The lowest BCUT2D eigenvalue weighted by Crippen LogP contribution is -1.77. The molecule has 0 fully saturated rings. The average molecular weight is 159 g/mol. The Labute approximate surface area is 70.5 Å². The van der Waals surface area contributed by atoms with Gasteiger partial charge in [-0.2, -0.15) is 5.10 Å². The molecule has 0 bridgehead atoms. The smallest absolute Gasteiger partial charge is 0.0938 e. The molecule has 60 valence electrons. The largest absolute Gasteiger partial charge is 0.282 e. The summed E-state index contributed by atoms with van der Waals surface area (Å²) in [4.78, 5) is 4.02. The van der Waals surface area contributed by atoms with Crippen molar-refractivity contribution in [2.45, 2.75) is 6.92 Å². The van der Waals surface area contributed by atoms with Crippen LogP contribution in [0.5, 0.6) is 0 Å². The van der Waals surface area contributed by atoms with Gasteiger partial charge in [-0.3, -0.25) is 10.1 Å². The fourth-order valence-corrected chi connectivity index (χ4v) is 1.08. The Kier molecular flexibility index (Phi) is 1.63. The van der Waals surface area contributed by atoms with Gasteiger partial charge < -0.3 is 0 Å². The lowest BCUT2D eigenvalue weighted by atomic mass is 10.2. The number of nitrogens with one attached hydrogen (secondary N) is 1. The molecule has 0 amide bonds. The van der Waals surface area contributed by atoms with Crippen molar-refractivity contribution >= 4 is 0 Å². The molecule has 2 rings (SSSR count). The molecule has 0 spiro atoms. The second-order valence-electron chi connectivity index (χ2n) is 2.68. The van der Waals surface area contributed by atoms with Crippen LogP contribution in [0.1, 0.15) is 5.69 Å². The van der Waals surface area contributed by atoms with Gasteiger partial charge in [-0.1, -0.05) is 0 Å². The van der Waals surface area contributed by atoms with Crippen LogP contribution in [0.3, 0.4) is 0 Å². The van der Waals surface area contributed by atoms with Crippen LogP contribution in [-0.4, -0.2) is 15.2 Å². The molecule has 0 aromatic carbocycles. The van der Waals surface area contributed by atoms with E-state index in [9.17, 15) is 0 Å². The Balaban J connectivity index is 2.45. The zero-order valence-electron chi connectivity index (χ0n) is 6.78. The minimum atomic E-state index is 0.945. The predicted octanol–water partition coefficient (Wildman–Crippen LogP) is 1.78. The number of pyridine rings is 1. The van der Waals surface area contributed by atoms with Gasteiger partial charge >= 0.3 is 0 Å². The Morgan fingerprint density at radius 1 is 1.42 bits per heavy atom. The van der Waals surface area contributed by atoms with Gasteiger partial charge in [0.05, 0.1) is 5.69 Å². The first-order chi connectivity index (χ1) is 5.86. The Hall–Kier alpha value is -1.64. The van der Waals surface area contributed by atoms with E-state index in [0.29, 0.717) is 0 Å². The standard InChI is InChI=1S/C9H9N3/c1-7-5-9(12-11-7)8-3-2-4-10-6-8/h2-6H,1H3,(H,11,12). The van der Waals surface area contributed by atoms with E-state index in [2.05, 4.69) is 15.2 Å². The van der Waals surface area contributed by atoms with Crippen LogP contribution in [0.4, 0.5) is 0 Å². The zero-order chi connectivity index (χ0) is 8.39. The van der Waals surface area contributed by atoms with Gasteiger partial charge in [-0.25, -0.2) is 0 Å². The number of aromatic nitrogens is 3. The highest BCUT2D eigenvalue weighted by Gasteiger charge is 1.99. The number of hydrogen-bond acceptors (Lipinski definition) is 2. The Bertz CT molecular complexity index is 364. The second-order valence-corrected chi connectivity index (χ2v) is 2.68. The maximum absolute atomic E-state index is 4.12. The number of H-pyrrole nitrogens is 1. The maximum Gasteiger partial charge on any atom is 0.0938 e. The quantitative estimate of drug-likeness (QED) is 0.689. The summed E-state index contributed by atoms with van der Waals surface area (Å²) in [7, 11) is 0. The summed E-state index contributed by atoms with van der Waals surface area (Å²) >= 11 is 0. The molecule has 0 atom stereocenters. The molecule has 3 heteroatoms. The van der Waals surface area contributed by atoms with E-state index in [0.717, 1.165) is 17.0 Å². The monoisotopic (exact) mass is 159 g/mol. The maximum atomic E-state index is 4.12. The third kappa shape index (κ3) is 1.21. The molecule has 2 aromatic heterocycles. The van der Waals surface area contributed by atoms with Crippen molar-refractivity contribution in [3.8, 4) is 11.3 Å². The van der Waals surface area contributed by atoms with Gasteiger partial charge in [0, 0.05) is 23.7 Å². The van der Waals surface area contributed by atoms with E-state index in [-0.39, 0.29) is 0 Å². The minimum Gasteiger partial charge on any atom is -0.282 e. The van der Waals surface area contributed by atoms with Crippen molar-refractivity contribution in [1.82, 2.24) is 15.2 Å². The summed E-state index contributed by atoms with van der Waals surface area (Å²) in [5.41, 5.74) is 3.05. The molecule has 3 nitrogen and oxygen atoms in total. The first-order valence-corrected chi connectivity index (χ1v) is 3.78. The normalized spacial score (nSPS) is 10.1. The van der Waals surface area contributed by atoms with Crippen LogP contribution in [0, 0.1) is 6.92 Å². The topological polar surface area (TPSA) is 41.6 Å². The molecular weight excluding hydrogens is 150 g/mol. The number of hydrogen-bond donors (Lipinski definition) is 1. The van der Waals surface area contributed by atoms with E-state index in [4.69, 9.17) is 0 Å². The van der Waals surface area contributed by atoms with Gasteiger partial charge in [-0.05, 0) is 25.1 Å². The van der Waals surface area contributed by atoms with E-state index in [1.807, 2.05) is 25.1 Å². The van der Waals surface area contributed by atoms with Crippen molar-refractivity contribution in [2.75, 3.05) is 0 Å². The van der Waals surface area contributed by atoms with Crippen molar-refractivity contribution in [3.05, 3.63) is 36.3 Å². The summed E-state index contributed by atoms with van der Waals surface area (Å²) in [5.74, 6) is 0. The molecule has 2 heterocycles. The molecule has 0 saturated heterocycles. The highest BCUT2D eigenvalue weighted by Crippen LogP contribution is 2.14. The van der Waals surface area contributed by atoms with E-state index in [1.165, 1.54) is 0 Å². The zero-order valence-corrected chi connectivity index (χ0v) is 6.78. The van der Waals surface area contributed by atoms with Crippen LogP contribution >= 0.6 is 0 Å². The molecule has 2 aromatic rings. The summed E-state index contributed by atoms with van der Waals surface area (Å²) in [6.45, 7) is 1.98. The highest BCUT2D eigenvalue weighted by molar-refractivity contribution is 5.57. The van der Waals surface area contributed by atoms with Gasteiger partial charge in [-0.15, -0.1) is 0 Å². The predicted molar refractivity (Wildman–Crippen MR) is 46.6 cm³/mol. The first-order valence-electron chi connectivity index (χ1n) is 3.78. The number of rotatable bonds is 1. The molecule has 0 aliphatic rings. The SMILES string of the molecule is Cc1cc(-c2cccnc2)n[nH]1. The third-order valence-electron chi connectivity index (χ3n) is 1.66. The summed E-state index contributed by atoms with van der Waals surface area (Å²) in [5, 5.41) is 7.01. The van der Waals surface area contributed by atoms with Crippen LogP contribution in [0.2, 0.25) is 0 Å². The van der Waals surface area contributed by atoms with Crippen molar-refractivity contribution in [2.24, 2.45) is 0 Å². The van der Waals surface area contributed by atoms with Gasteiger partial charge in [0.15, 0.2) is 0 Å². The molecule has 12 heavy (non-hydrogen) atoms. The molecule has 0 aliphatic carbocycles. The first kappa shape index (κ1) is 7.03. The van der Waals surface area contributed by atoms with E-state index >= 15 is 0 Å². The van der Waals surface area contributed by atoms with E-state index < -0.39 is 0 Å². The molecule has 0 saturated carbocycles. The molecule has 1 N–H and O–H groups in total. The van der Waals surface area contributed by atoms with Crippen LogP contribution in [-0.2, 0) is 0 Å². The molecular formula is C9H9N3. The van der Waals surface area contributed by atoms with Gasteiger partial charge in [0.2, 0.25) is 0 Å². The van der Waals surface area contributed by atoms with Crippen LogP contribution in [0.25, 0.3) is 11.3 Å². The van der Waals surface area contributed by atoms with Gasteiger partial charge in [0.1, 0.15) is 0 Å². The van der Waals surface area contributed by atoms with Crippen molar-refractivity contribution in [1.29, 1.82) is 0 Å². The van der Waals surface area contributed by atoms with Crippen LogP contribution < -0.4 is 0 Å². The Morgan fingerprint density at radius 3 is 2.92 bits per heavy atom. The lowest BCUT2D eigenvalue weighted by Gasteiger charge is -1.91. The molecule has 0 aliphatic heterocycles. The number of aromatic amines is 1. The average Bonchev–Trinajstić information content (AvgIpc) is 2.54. The fraction of sp³-hybridized carbons (Fsp3) is 0.111. The number of aryl methyl sites for hydroxylation is 1. The van der Waals surface area contributed by atoms with Gasteiger partial charge in [0.25, 0.3) is 0 Å². The molecule has 0 unspecified atom stereocenters. The summed E-state index contributed by atoms with van der Waals surface area (Å²) in [6, 6.07) is 5.89. The highest BCUT2D eigenvalue weighted by atomic mass is 15.1. The molecule has 0 radical (unpaired) electrons. The van der Waals surface area contributed by atoms with Crippen molar-refractivity contribution < 1.29 is 0 Å². The minimum absolute atomic E-state index is 0.945. The Morgan fingerprint density at radius 2 is 2.33 bits per heavy atom. The third-order valence-corrected chi connectivity index (χ3v) is 1.66. The van der Waals surface area contributed by atoms with Crippen LogP contribution in [0.15, 0.2) is 30.6 Å². The second kappa shape index (κ2) is 2.77. The van der Waals surface area contributed by atoms with Crippen molar-refractivity contribution in [3.63, 3.8) is 0 Å². The van der Waals surface area contributed by atoms with E-state index in [1.54, 1.807) is 12.4 Å². The number of nitrogens with zero attached hydrogens (tertiary/aromatic N) is 2. The summed E-state index contributed by atoms with van der Waals surface area (Å²) < 4.78 is 0. The summed E-state index contributed by atoms with van der Waals surface area (Å²) in [6.07, 6.45) is 3.55.